The Balaban J connectivity index is 1.84. The molecule has 1 aliphatic heterocycles. The maximum atomic E-state index is 12.7. The van der Waals surface area contributed by atoms with Crippen molar-refractivity contribution in [1.82, 2.24) is 0 Å². The molecule has 27 heavy (non-hydrogen) atoms. The third-order valence-electron chi connectivity index (χ3n) is 5.74. The van der Waals surface area contributed by atoms with Gasteiger partial charge < -0.3 is 19.7 Å². The van der Waals surface area contributed by atoms with Gasteiger partial charge in [0.25, 0.3) is 0 Å². The molecule has 0 radical (unpaired) electrons. The summed E-state index contributed by atoms with van der Waals surface area (Å²) in [7, 11) is 0. The van der Waals surface area contributed by atoms with Crippen molar-refractivity contribution >= 4 is 5.97 Å². The predicted octanol–water partition coefficient (Wildman–Crippen LogP) is 3.84. The summed E-state index contributed by atoms with van der Waals surface area (Å²) in [5.74, 6) is 0.0107. The Morgan fingerprint density at radius 3 is 2.52 bits per heavy atom. The van der Waals surface area contributed by atoms with Crippen LogP contribution in [0.5, 0.6) is 5.75 Å². The predicted molar refractivity (Wildman–Crippen MR) is 103 cm³/mol. The van der Waals surface area contributed by atoms with E-state index in [0.717, 1.165) is 0 Å². The number of fused-ring (bicyclic) bond motifs is 1. The van der Waals surface area contributed by atoms with Crippen LogP contribution >= 0.6 is 0 Å². The Bertz CT molecular complexity index is 706. The molecule has 5 heteroatoms. The smallest absolute Gasteiger partial charge is 0.338 e. The summed E-state index contributed by atoms with van der Waals surface area (Å²) in [6, 6.07) is 6.08. The Morgan fingerprint density at radius 1 is 1.22 bits per heavy atom. The number of benzene rings is 1. The van der Waals surface area contributed by atoms with Gasteiger partial charge in [-0.05, 0) is 50.5 Å². The summed E-state index contributed by atoms with van der Waals surface area (Å²) < 4.78 is 11.8. The van der Waals surface area contributed by atoms with E-state index in [9.17, 15) is 15.0 Å². The van der Waals surface area contributed by atoms with Gasteiger partial charge in [0.15, 0.2) is 0 Å². The Kier molecular flexibility index (Phi) is 5.37. The minimum absolute atomic E-state index is 0.0262. The van der Waals surface area contributed by atoms with E-state index in [1.54, 1.807) is 12.1 Å². The lowest BCUT2D eigenvalue weighted by molar-refractivity contribution is 0.00393. The zero-order chi connectivity index (χ0) is 19.8. The number of phenols is 1. The van der Waals surface area contributed by atoms with Crippen molar-refractivity contribution in [3.8, 4) is 5.75 Å². The number of hydrogen-bond acceptors (Lipinski definition) is 5. The molecule has 2 aliphatic rings. The molecular formula is C22H30O5. The summed E-state index contributed by atoms with van der Waals surface area (Å²) in [5.41, 5.74) is -0.768. The highest BCUT2D eigenvalue weighted by molar-refractivity contribution is 5.89. The second kappa shape index (κ2) is 7.28. The van der Waals surface area contributed by atoms with Gasteiger partial charge in [-0.25, -0.2) is 4.79 Å². The molecule has 0 aromatic heterocycles. The van der Waals surface area contributed by atoms with Gasteiger partial charge in [0.2, 0.25) is 0 Å². The summed E-state index contributed by atoms with van der Waals surface area (Å²) in [6.07, 6.45) is 5.42. The fraction of sp³-hybridized carbons (Fsp3) is 0.591. The molecular weight excluding hydrogens is 344 g/mol. The molecule has 2 N–H and O–H groups in total. The van der Waals surface area contributed by atoms with Crippen LogP contribution in [-0.4, -0.2) is 39.6 Å². The molecule has 0 bridgehead atoms. The highest BCUT2D eigenvalue weighted by Crippen LogP contribution is 2.47. The average Bonchev–Trinajstić information content (AvgIpc) is 3.18. The highest BCUT2D eigenvalue weighted by atomic mass is 16.6. The molecule has 1 saturated heterocycles. The molecule has 0 amide bonds. The molecule has 3 rings (SSSR count). The molecule has 1 aromatic rings. The molecule has 5 atom stereocenters. The summed E-state index contributed by atoms with van der Waals surface area (Å²) in [4.78, 5) is 12.7. The fourth-order valence-electron chi connectivity index (χ4n) is 3.92. The lowest BCUT2D eigenvalue weighted by Crippen LogP contribution is -2.36. The molecule has 0 saturated carbocycles. The number of epoxide rings is 1. The third kappa shape index (κ3) is 4.71. The molecule has 5 nitrogen and oxygen atoms in total. The first kappa shape index (κ1) is 19.9. The van der Waals surface area contributed by atoms with E-state index in [4.69, 9.17) is 9.47 Å². The van der Waals surface area contributed by atoms with Crippen molar-refractivity contribution in [2.24, 2.45) is 11.8 Å². The van der Waals surface area contributed by atoms with Crippen LogP contribution in [0.3, 0.4) is 0 Å². The first-order valence-electron chi connectivity index (χ1n) is 9.66. The molecule has 1 heterocycles. The number of ether oxygens (including phenoxy) is 2. The molecule has 148 valence electrons. The number of carbonyl (C=O) groups is 1. The van der Waals surface area contributed by atoms with Crippen LogP contribution in [0.4, 0.5) is 0 Å². The van der Waals surface area contributed by atoms with E-state index < -0.39 is 11.6 Å². The third-order valence-corrected chi connectivity index (χ3v) is 5.74. The first-order chi connectivity index (χ1) is 12.6. The number of esters is 1. The number of aliphatic hydroxyl groups is 1. The minimum Gasteiger partial charge on any atom is -0.508 e. The normalized spacial score (nSPS) is 37.3. The van der Waals surface area contributed by atoms with E-state index in [2.05, 4.69) is 19.9 Å². The number of aromatic hydroxyl groups is 1. The van der Waals surface area contributed by atoms with Gasteiger partial charge in [0.05, 0.1) is 22.9 Å². The Hall–Kier alpha value is -1.85. The average molecular weight is 374 g/mol. The van der Waals surface area contributed by atoms with Crippen molar-refractivity contribution < 1.29 is 24.5 Å². The first-order valence-corrected chi connectivity index (χ1v) is 9.66. The van der Waals surface area contributed by atoms with Crippen LogP contribution in [0.1, 0.15) is 57.3 Å². The van der Waals surface area contributed by atoms with Gasteiger partial charge in [-0.15, -0.1) is 0 Å². The van der Waals surface area contributed by atoms with E-state index in [-0.39, 0.29) is 35.4 Å². The summed E-state index contributed by atoms with van der Waals surface area (Å²) >= 11 is 0. The number of hydrogen-bond donors (Lipinski definition) is 2. The van der Waals surface area contributed by atoms with Crippen molar-refractivity contribution in [2.75, 3.05) is 0 Å². The number of carbonyl (C=O) groups excluding carboxylic acids is 1. The molecule has 1 fully saturated rings. The molecule has 1 aliphatic carbocycles. The second-order valence-corrected chi connectivity index (χ2v) is 8.77. The van der Waals surface area contributed by atoms with Gasteiger partial charge >= 0.3 is 5.97 Å². The number of phenolic OH excluding ortho intramolecular Hbond substituents is 1. The van der Waals surface area contributed by atoms with Crippen LogP contribution in [0.25, 0.3) is 0 Å². The van der Waals surface area contributed by atoms with Gasteiger partial charge in [0.1, 0.15) is 11.9 Å². The van der Waals surface area contributed by atoms with Gasteiger partial charge in [0, 0.05) is 18.8 Å². The van der Waals surface area contributed by atoms with Crippen LogP contribution in [0.2, 0.25) is 0 Å². The van der Waals surface area contributed by atoms with Crippen molar-refractivity contribution in [3.05, 3.63) is 42.0 Å². The van der Waals surface area contributed by atoms with Crippen molar-refractivity contribution in [1.29, 1.82) is 0 Å². The maximum Gasteiger partial charge on any atom is 0.338 e. The van der Waals surface area contributed by atoms with Gasteiger partial charge in [-0.2, -0.15) is 0 Å². The zero-order valence-electron chi connectivity index (χ0n) is 16.5. The van der Waals surface area contributed by atoms with E-state index in [1.807, 2.05) is 19.9 Å². The lowest BCUT2D eigenvalue weighted by atomic mass is 9.80. The van der Waals surface area contributed by atoms with E-state index >= 15 is 0 Å². The van der Waals surface area contributed by atoms with Gasteiger partial charge in [-0.1, -0.05) is 26.0 Å². The Morgan fingerprint density at radius 2 is 1.89 bits per heavy atom. The maximum absolute atomic E-state index is 12.7. The standard InChI is InChI=1S/C22H30O5/c1-14(2)17-6-5-11-21(3,25)13-19-22(4,27-19)12-18(17)26-20(24)15-7-9-16(23)10-8-15/h5-10,14,17-19,23,25H,11-13H2,1-4H3/b6-5+/t17-,18+,19-,21-,22+/m0/s1. The van der Waals surface area contributed by atoms with E-state index in [0.29, 0.717) is 24.8 Å². The monoisotopic (exact) mass is 374 g/mol. The largest absolute Gasteiger partial charge is 0.508 e. The quantitative estimate of drug-likeness (QED) is 0.477. The van der Waals surface area contributed by atoms with Gasteiger partial charge in [-0.3, -0.25) is 0 Å². The van der Waals surface area contributed by atoms with Crippen LogP contribution in [0, 0.1) is 11.8 Å². The van der Waals surface area contributed by atoms with Crippen LogP contribution < -0.4 is 0 Å². The summed E-state index contributed by atoms with van der Waals surface area (Å²) in [6.45, 7) is 8.08. The highest BCUT2D eigenvalue weighted by Gasteiger charge is 2.56. The molecule has 0 unspecified atom stereocenters. The topological polar surface area (TPSA) is 79.3 Å². The molecule has 1 aromatic carbocycles. The SMILES string of the molecule is CC(C)[C@@H]1/C=C/C[C@](C)(O)C[C@@H]2O[C@]2(C)C[C@H]1OC(=O)c1ccc(O)cc1. The van der Waals surface area contributed by atoms with Crippen LogP contribution in [-0.2, 0) is 9.47 Å². The van der Waals surface area contributed by atoms with E-state index in [1.165, 1.54) is 12.1 Å². The lowest BCUT2D eigenvalue weighted by Gasteiger charge is -2.31. The fourth-order valence-corrected chi connectivity index (χ4v) is 3.92. The van der Waals surface area contributed by atoms with Crippen molar-refractivity contribution in [2.45, 2.75) is 70.4 Å². The second-order valence-electron chi connectivity index (χ2n) is 8.77. The molecule has 0 spiro atoms. The summed E-state index contributed by atoms with van der Waals surface area (Å²) in [5, 5.41) is 20.0. The van der Waals surface area contributed by atoms with Crippen molar-refractivity contribution in [3.63, 3.8) is 0 Å². The number of rotatable bonds is 3. The zero-order valence-corrected chi connectivity index (χ0v) is 16.5. The minimum atomic E-state index is -0.796. The van der Waals surface area contributed by atoms with Crippen LogP contribution in [0.15, 0.2) is 36.4 Å². The Labute approximate surface area is 161 Å².